The van der Waals surface area contributed by atoms with Gasteiger partial charge < -0.3 is 10.1 Å². The van der Waals surface area contributed by atoms with Gasteiger partial charge in [-0.05, 0) is 36.9 Å². The lowest BCUT2D eigenvalue weighted by molar-refractivity contribution is -0.129. The molecule has 0 spiro atoms. The zero-order valence-electron chi connectivity index (χ0n) is 9.57. The lowest BCUT2D eigenvalue weighted by Gasteiger charge is -2.39. The van der Waals surface area contributed by atoms with Gasteiger partial charge in [-0.1, -0.05) is 0 Å². The van der Waals surface area contributed by atoms with E-state index in [4.69, 9.17) is 16.3 Å². The van der Waals surface area contributed by atoms with Crippen molar-refractivity contribution in [1.82, 2.24) is 9.97 Å². The van der Waals surface area contributed by atoms with Gasteiger partial charge in [0.25, 0.3) is 0 Å². The molecule has 2 rings (SSSR count). The van der Waals surface area contributed by atoms with Gasteiger partial charge in [-0.25, -0.2) is 9.97 Å². The van der Waals surface area contributed by atoms with E-state index in [2.05, 4.69) is 15.3 Å². The summed E-state index contributed by atoms with van der Waals surface area (Å²) in [5, 5.41) is 2.80. The number of aromatic nitrogens is 2. The highest BCUT2D eigenvalue weighted by atomic mass is 35.5. The van der Waals surface area contributed by atoms with Crippen LogP contribution in [-0.4, -0.2) is 28.6 Å². The van der Waals surface area contributed by atoms with Gasteiger partial charge in [0, 0.05) is 13.3 Å². The SMILES string of the molecule is COC1(CC(=O)Nc2ccnc(Cl)n2)CCC1. The molecule has 1 aromatic heterocycles. The molecule has 0 aromatic carbocycles. The average Bonchev–Trinajstić information content (AvgIpc) is 2.23. The van der Waals surface area contributed by atoms with Gasteiger partial charge in [-0.2, -0.15) is 0 Å². The van der Waals surface area contributed by atoms with Crippen molar-refractivity contribution in [2.45, 2.75) is 31.3 Å². The van der Waals surface area contributed by atoms with Crippen molar-refractivity contribution in [2.24, 2.45) is 0 Å². The van der Waals surface area contributed by atoms with Crippen LogP contribution in [0.5, 0.6) is 0 Å². The summed E-state index contributed by atoms with van der Waals surface area (Å²) in [5.41, 5.74) is -0.277. The summed E-state index contributed by atoms with van der Waals surface area (Å²) in [6, 6.07) is 1.60. The largest absolute Gasteiger partial charge is 0.378 e. The Labute approximate surface area is 105 Å². The Morgan fingerprint density at radius 2 is 2.41 bits per heavy atom. The van der Waals surface area contributed by atoms with Gasteiger partial charge >= 0.3 is 0 Å². The molecule has 0 bridgehead atoms. The number of anilines is 1. The van der Waals surface area contributed by atoms with E-state index in [1.54, 1.807) is 13.2 Å². The summed E-state index contributed by atoms with van der Waals surface area (Å²) in [5.74, 6) is 0.307. The second-order valence-electron chi connectivity index (χ2n) is 4.18. The van der Waals surface area contributed by atoms with E-state index in [1.165, 1.54) is 6.20 Å². The fraction of sp³-hybridized carbons (Fsp3) is 0.545. The van der Waals surface area contributed by atoms with Crippen LogP contribution in [0, 0.1) is 0 Å². The van der Waals surface area contributed by atoms with E-state index in [-0.39, 0.29) is 16.8 Å². The van der Waals surface area contributed by atoms with Crippen LogP contribution in [-0.2, 0) is 9.53 Å². The van der Waals surface area contributed by atoms with E-state index >= 15 is 0 Å². The highest BCUT2D eigenvalue weighted by Gasteiger charge is 2.39. The molecule has 1 aromatic rings. The van der Waals surface area contributed by atoms with E-state index < -0.39 is 0 Å². The Bertz CT molecular complexity index is 415. The molecular weight excluding hydrogens is 242 g/mol. The zero-order valence-corrected chi connectivity index (χ0v) is 10.3. The predicted molar refractivity (Wildman–Crippen MR) is 63.9 cm³/mol. The Morgan fingerprint density at radius 3 is 2.94 bits per heavy atom. The molecule has 0 unspecified atom stereocenters. The number of hydrogen-bond donors (Lipinski definition) is 1. The smallest absolute Gasteiger partial charge is 0.228 e. The van der Waals surface area contributed by atoms with Crippen LogP contribution in [0.2, 0.25) is 5.28 Å². The summed E-state index contributed by atoms with van der Waals surface area (Å²) in [6.45, 7) is 0. The molecule has 0 atom stereocenters. The topological polar surface area (TPSA) is 64.1 Å². The minimum Gasteiger partial charge on any atom is -0.378 e. The molecular formula is C11H14ClN3O2. The number of halogens is 1. The molecule has 1 N–H and O–H groups in total. The van der Waals surface area contributed by atoms with Gasteiger partial charge in [-0.3, -0.25) is 4.79 Å². The molecule has 1 fully saturated rings. The second kappa shape index (κ2) is 4.98. The number of carbonyl (C=O) groups is 1. The predicted octanol–water partition coefficient (Wildman–Crippen LogP) is 2.03. The first-order chi connectivity index (χ1) is 8.13. The molecule has 92 valence electrons. The molecule has 6 heteroatoms. The van der Waals surface area contributed by atoms with Gasteiger partial charge in [0.1, 0.15) is 5.82 Å². The molecule has 17 heavy (non-hydrogen) atoms. The number of hydrogen-bond acceptors (Lipinski definition) is 4. The second-order valence-corrected chi connectivity index (χ2v) is 4.51. The van der Waals surface area contributed by atoms with Crippen molar-refractivity contribution >= 4 is 23.3 Å². The molecule has 5 nitrogen and oxygen atoms in total. The molecule has 1 amide bonds. The number of ether oxygens (including phenoxy) is 1. The zero-order chi connectivity index (χ0) is 12.3. The maximum absolute atomic E-state index is 11.8. The molecule has 0 saturated heterocycles. The van der Waals surface area contributed by atoms with Crippen LogP contribution in [0.25, 0.3) is 0 Å². The summed E-state index contributed by atoms with van der Waals surface area (Å²) in [4.78, 5) is 19.4. The van der Waals surface area contributed by atoms with Crippen molar-refractivity contribution in [3.8, 4) is 0 Å². The van der Waals surface area contributed by atoms with Gasteiger partial charge in [0.2, 0.25) is 11.2 Å². The van der Waals surface area contributed by atoms with Crippen LogP contribution >= 0.6 is 11.6 Å². The third kappa shape index (κ3) is 2.92. The van der Waals surface area contributed by atoms with Crippen molar-refractivity contribution in [3.05, 3.63) is 17.5 Å². The fourth-order valence-electron chi connectivity index (χ4n) is 1.91. The number of rotatable bonds is 4. The van der Waals surface area contributed by atoms with Crippen LogP contribution in [0.3, 0.4) is 0 Å². The number of amides is 1. The lowest BCUT2D eigenvalue weighted by atomic mass is 9.77. The van der Waals surface area contributed by atoms with E-state index in [0.29, 0.717) is 12.2 Å². The van der Waals surface area contributed by atoms with E-state index in [9.17, 15) is 4.79 Å². The lowest BCUT2D eigenvalue weighted by Crippen LogP contribution is -2.42. The maximum atomic E-state index is 11.8. The van der Waals surface area contributed by atoms with Crippen LogP contribution in [0.15, 0.2) is 12.3 Å². The third-order valence-electron chi connectivity index (χ3n) is 3.07. The monoisotopic (exact) mass is 255 g/mol. The van der Waals surface area contributed by atoms with Gasteiger partial charge in [-0.15, -0.1) is 0 Å². The molecule has 0 aliphatic heterocycles. The molecule has 1 heterocycles. The van der Waals surface area contributed by atoms with Gasteiger partial charge in [0.05, 0.1) is 12.0 Å². The Balaban J connectivity index is 1.93. The highest BCUT2D eigenvalue weighted by Crippen LogP contribution is 2.38. The van der Waals surface area contributed by atoms with Crippen molar-refractivity contribution in [2.75, 3.05) is 12.4 Å². The molecule has 1 aliphatic carbocycles. The molecule has 1 saturated carbocycles. The van der Waals surface area contributed by atoms with Crippen LogP contribution in [0.4, 0.5) is 5.82 Å². The quantitative estimate of drug-likeness (QED) is 0.836. The van der Waals surface area contributed by atoms with Crippen LogP contribution in [0.1, 0.15) is 25.7 Å². The number of carbonyl (C=O) groups excluding carboxylic acids is 1. The number of nitrogens with zero attached hydrogens (tertiary/aromatic N) is 2. The summed E-state index contributed by atoms with van der Waals surface area (Å²) in [7, 11) is 1.65. The average molecular weight is 256 g/mol. The normalized spacial score (nSPS) is 17.3. The highest BCUT2D eigenvalue weighted by molar-refractivity contribution is 6.28. The third-order valence-corrected chi connectivity index (χ3v) is 3.26. The summed E-state index contributed by atoms with van der Waals surface area (Å²) >= 11 is 5.63. The Kier molecular flexibility index (Phi) is 3.59. The standard InChI is InChI=1S/C11H14ClN3O2/c1-17-11(4-2-5-11)7-9(16)14-8-3-6-13-10(12)15-8/h3,6H,2,4-5,7H2,1H3,(H,13,14,15,16). The van der Waals surface area contributed by atoms with E-state index in [0.717, 1.165) is 19.3 Å². The molecule has 1 aliphatic rings. The summed E-state index contributed by atoms with van der Waals surface area (Å²) in [6.07, 6.45) is 4.83. The minimum atomic E-state index is -0.277. The van der Waals surface area contributed by atoms with Gasteiger partial charge in [0.15, 0.2) is 0 Å². The first-order valence-electron chi connectivity index (χ1n) is 5.47. The number of methoxy groups -OCH3 is 1. The van der Waals surface area contributed by atoms with Crippen molar-refractivity contribution in [3.63, 3.8) is 0 Å². The van der Waals surface area contributed by atoms with Crippen molar-refractivity contribution in [1.29, 1.82) is 0 Å². The summed E-state index contributed by atoms with van der Waals surface area (Å²) < 4.78 is 5.39. The first kappa shape index (κ1) is 12.3. The Hall–Kier alpha value is -1.20. The molecule has 0 radical (unpaired) electrons. The first-order valence-corrected chi connectivity index (χ1v) is 5.85. The van der Waals surface area contributed by atoms with Crippen molar-refractivity contribution < 1.29 is 9.53 Å². The fourth-order valence-corrected chi connectivity index (χ4v) is 2.06. The van der Waals surface area contributed by atoms with E-state index in [1.807, 2.05) is 0 Å². The maximum Gasteiger partial charge on any atom is 0.228 e. The minimum absolute atomic E-state index is 0.110. The Morgan fingerprint density at radius 1 is 1.65 bits per heavy atom. The number of nitrogens with one attached hydrogen (secondary N) is 1. The van der Waals surface area contributed by atoms with Crippen LogP contribution < -0.4 is 5.32 Å².